The van der Waals surface area contributed by atoms with E-state index in [-0.39, 0.29) is 17.9 Å². The first-order valence-corrected chi connectivity index (χ1v) is 10.3. The molecule has 0 spiro atoms. The molecule has 0 aliphatic rings. The van der Waals surface area contributed by atoms with Crippen molar-refractivity contribution in [2.75, 3.05) is 6.54 Å². The van der Waals surface area contributed by atoms with Crippen LogP contribution in [0.1, 0.15) is 46.5 Å². The van der Waals surface area contributed by atoms with E-state index in [2.05, 4.69) is 10.3 Å². The predicted octanol–water partition coefficient (Wildman–Crippen LogP) is 3.19. The number of rotatable bonds is 9. The molecule has 2 heterocycles. The van der Waals surface area contributed by atoms with Crippen molar-refractivity contribution in [1.82, 2.24) is 14.9 Å². The monoisotopic (exact) mass is 413 g/mol. The molecule has 0 saturated carbocycles. The first-order chi connectivity index (χ1) is 14.0. The molecule has 0 aliphatic heterocycles. The topological polar surface area (TPSA) is 101 Å². The van der Waals surface area contributed by atoms with Crippen molar-refractivity contribution in [3.8, 4) is 0 Å². The minimum absolute atomic E-state index is 0.143. The molecule has 1 aromatic carbocycles. The number of aromatic nitrogens is 2. The zero-order valence-corrected chi connectivity index (χ0v) is 17.0. The summed E-state index contributed by atoms with van der Waals surface area (Å²) in [4.78, 5) is 41.4. The van der Waals surface area contributed by atoms with Crippen LogP contribution in [0.2, 0.25) is 0 Å². The molecule has 7 nitrogen and oxygen atoms in total. The quantitative estimate of drug-likeness (QED) is 0.525. The molecule has 0 radical (unpaired) electrons. The van der Waals surface area contributed by atoms with Gasteiger partial charge in [-0.2, -0.15) is 0 Å². The van der Waals surface area contributed by atoms with E-state index in [1.54, 1.807) is 11.5 Å². The summed E-state index contributed by atoms with van der Waals surface area (Å²) < 4.78 is 1.56. The fraction of sp³-hybridized carbons (Fsp3) is 0.333. The van der Waals surface area contributed by atoms with Gasteiger partial charge in [-0.1, -0.05) is 36.8 Å². The van der Waals surface area contributed by atoms with Gasteiger partial charge in [0.25, 0.3) is 11.5 Å². The molecule has 2 N–H and O–H groups in total. The average molecular weight is 413 g/mol. The Hall–Kier alpha value is -3.00. The number of carbonyl (C=O) groups excluding carboxylic acids is 1. The van der Waals surface area contributed by atoms with Gasteiger partial charge in [0, 0.05) is 13.0 Å². The van der Waals surface area contributed by atoms with E-state index in [0.717, 1.165) is 12.0 Å². The van der Waals surface area contributed by atoms with Gasteiger partial charge in [0.1, 0.15) is 4.83 Å². The zero-order valence-electron chi connectivity index (χ0n) is 16.2. The maximum atomic E-state index is 12.9. The predicted molar refractivity (Wildman–Crippen MR) is 113 cm³/mol. The van der Waals surface area contributed by atoms with Crippen LogP contribution in [0.25, 0.3) is 10.2 Å². The highest BCUT2D eigenvalue weighted by atomic mass is 32.1. The Bertz CT molecular complexity index is 1070. The third-order valence-corrected chi connectivity index (χ3v) is 5.87. The van der Waals surface area contributed by atoms with E-state index >= 15 is 0 Å². The van der Waals surface area contributed by atoms with Crippen LogP contribution in [0, 0.1) is 6.92 Å². The average Bonchev–Trinajstić information content (AvgIpc) is 3.04. The number of aryl methyl sites for hydroxylation is 1. The normalized spacial score (nSPS) is 10.9. The lowest BCUT2D eigenvalue weighted by atomic mass is 10.2. The molecule has 1 amide bonds. The first-order valence-electron chi connectivity index (χ1n) is 9.50. The third kappa shape index (κ3) is 5.08. The fourth-order valence-corrected chi connectivity index (χ4v) is 4.18. The van der Waals surface area contributed by atoms with Crippen LogP contribution in [0.3, 0.4) is 0 Å². The van der Waals surface area contributed by atoms with E-state index in [0.29, 0.717) is 46.6 Å². The Balaban J connectivity index is 1.71. The van der Waals surface area contributed by atoms with Crippen LogP contribution in [0.5, 0.6) is 0 Å². The SMILES string of the molecule is Cc1c(C(=O)NCCCCCC(=O)O)sc2ncn(Cc3ccccc3)c(=O)c12. The van der Waals surface area contributed by atoms with Gasteiger partial charge in [-0.05, 0) is 30.9 Å². The van der Waals surface area contributed by atoms with Gasteiger partial charge in [0.15, 0.2) is 0 Å². The second-order valence-electron chi connectivity index (χ2n) is 6.86. The largest absolute Gasteiger partial charge is 0.481 e. The number of benzene rings is 1. The summed E-state index contributed by atoms with van der Waals surface area (Å²) in [5.41, 5.74) is 1.50. The molecule has 8 heteroatoms. The molecule has 3 rings (SSSR count). The summed E-state index contributed by atoms with van der Waals surface area (Å²) in [6.07, 6.45) is 3.72. The van der Waals surface area contributed by atoms with Gasteiger partial charge in [-0.25, -0.2) is 4.98 Å². The molecule has 2 aromatic heterocycles. The second-order valence-corrected chi connectivity index (χ2v) is 7.86. The summed E-state index contributed by atoms with van der Waals surface area (Å²) in [7, 11) is 0. The number of hydrogen-bond donors (Lipinski definition) is 2. The van der Waals surface area contributed by atoms with Crippen molar-refractivity contribution < 1.29 is 14.7 Å². The summed E-state index contributed by atoms with van der Waals surface area (Å²) in [6.45, 7) is 2.67. The van der Waals surface area contributed by atoms with E-state index in [1.165, 1.54) is 17.7 Å². The number of nitrogens with zero attached hydrogens (tertiary/aromatic N) is 2. The molecule has 0 unspecified atom stereocenters. The first kappa shape index (κ1) is 20.7. The summed E-state index contributed by atoms with van der Waals surface area (Å²) in [6, 6.07) is 9.67. The van der Waals surface area contributed by atoms with Gasteiger partial charge in [-0.3, -0.25) is 19.0 Å². The standard InChI is InChI=1S/C21H23N3O4S/c1-14-17-20(23-13-24(21(17)28)12-15-8-4-2-5-9-15)29-18(14)19(27)22-11-7-3-6-10-16(25)26/h2,4-5,8-9,13H,3,6-7,10-12H2,1H3,(H,22,27)(H,25,26). The van der Waals surface area contributed by atoms with Crippen molar-refractivity contribution in [2.45, 2.75) is 39.2 Å². The molecular weight excluding hydrogens is 390 g/mol. The van der Waals surface area contributed by atoms with E-state index in [4.69, 9.17) is 5.11 Å². The van der Waals surface area contributed by atoms with Crippen LogP contribution in [0.4, 0.5) is 0 Å². The lowest BCUT2D eigenvalue weighted by molar-refractivity contribution is -0.137. The van der Waals surface area contributed by atoms with Crippen LogP contribution < -0.4 is 10.9 Å². The number of amides is 1. The molecule has 0 saturated heterocycles. The van der Waals surface area contributed by atoms with Gasteiger partial charge < -0.3 is 10.4 Å². The van der Waals surface area contributed by atoms with E-state index in [1.807, 2.05) is 30.3 Å². The van der Waals surface area contributed by atoms with Crippen molar-refractivity contribution >= 4 is 33.4 Å². The fourth-order valence-electron chi connectivity index (χ4n) is 3.13. The minimum Gasteiger partial charge on any atom is -0.481 e. The number of thiophene rings is 1. The summed E-state index contributed by atoms with van der Waals surface area (Å²) in [5.74, 6) is -1.03. The number of unbranched alkanes of at least 4 members (excludes halogenated alkanes) is 2. The highest BCUT2D eigenvalue weighted by molar-refractivity contribution is 7.20. The molecule has 0 fully saturated rings. The maximum Gasteiger partial charge on any atom is 0.303 e. The van der Waals surface area contributed by atoms with Gasteiger partial charge in [0.05, 0.1) is 23.1 Å². The van der Waals surface area contributed by atoms with E-state index < -0.39 is 5.97 Å². The molecule has 0 bridgehead atoms. The van der Waals surface area contributed by atoms with Crippen LogP contribution in [-0.4, -0.2) is 33.1 Å². The lowest BCUT2D eigenvalue weighted by Gasteiger charge is -2.05. The molecular formula is C21H23N3O4S. The van der Waals surface area contributed by atoms with Crippen LogP contribution in [0.15, 0.2) is 41.5 Å². The van der Waals surface area contributed by atoms with Gasteiger partial charge >= 0.3 is 5.97 Å². The van der Waals surface area contributed by atoms with Crippen molar-refractivity contribution in [1.29, 1.82) is 0 Å². The van der Waals surface area contributed by atoms with E-state index in [9.17, 15) is 14.4 Å². The summed E-state index contributed by atoms with van der Waals surface area (Å²) in [5, 5.41) is 12.0. The number of hydrogen-bond acceptors (Lipinski definition) is 5. The van der Waals surface area contributed by atoms with Crippen LogP contribution in [-0.2, 0) is 11.3 Å². The number of carbonyl (C=O) groups is 2. The Morgan fingerprint density at radius 3 is 2.66 bits per heavy atom. The molecule has 3 aromatic rings. The highest BCUT2D eigenvalue weighted by Gasteiger charge is 2.19. The Labute approximate surface area is 172 Å². The number of carboxylic acids is 1. The Morgan fingerprint density at radius 2 is 1.93 bits per heavy atom. The van der Waals surface area contributed by atoms with Gasteiger partial charge in [0.2, 0.25) is 0 Å². The van der Waals surface area contributed by atoms with Crippen molar-refractivity contribution in [3.63, 3.8) is 0 Å². The number of nitrogens with one attached hydrogen (secondary N) is 1. The third-order valence-electron chi connectivity index (χ3n) is 4.67. The van der Waals surface area contributed by atoms with Crippen molar-refractivity contribution in [3.05, 3.63) is 63.0 Å². The number of fused-ring (bicyclic) bond motifs is 1. The zero-order chi connectivity index (χ0) is 20.8. The van der Waals surface area contributed by atoms with Gasteiger partial charge in [-0.15, -0.1) is 11.3 Å². The Kier molecular flexibility index (Phi) is 6.77. The lowest BCUT2D eigenvalue weighted by Crippen LogP contribution is -2.24. The van der Waals surface area contributed by atoms with Crippen LogP contribution >= 0.6 is 11.3 Å². The molecule has 0 aliphatic carbocycles. The number of carboxylic acid groups (broad SMARTS) is 1. The molecule has 152 valence electrons. The minimum atomic E-state index is -0.805. The smallest absolute Gasteiger partial charge is 0.303 e. The maximum absolute atomic E-state index is 12.9. The molecule has 29 heavy (non-hydrogen) atoms. The molecule has 0 atom stereocenters. The highest BCUT2D eigenvalue weighted by Crippen LogP contribution is 2.26. The Morgan fingerprint density at radius 1 is 1.17 bits per heavy atom. The second kappa shape index (κ2) is 9.47. The number of aliphatic carboxylic acids is 1. The van der Waals surface area contributed by atoms with Crippen molar-refractivity contribution in [2.24, 2.45) is 0 Å². The summed E-state index contributed by atoms with van der Waals surface area (Å²) >= 11 is 1.22.